The Morgan fingerprint density at radius 2 is 2.16 bits per heavy atom. The first-order valence-electron chi connectivity index (χ1n) is 6.07. The van der Waals surface area contributed by atoms with E-state index in [2.05, 4.69) is 21.6 Å². The molecular formula is C14H15N5. The lowest BCUT2D eigenvalue weighted by Crippen LogP contribution is -2.28. The maximum atomic E-state index is 5.73. The number of nitrogens with two attached hydrogens (primary N) is 1. The van der Waals surface area contributed by atoms with Crippen LogP contribution in [0.1, 0.15) is 17.2 Å². The molecule has 0 aliphatic carbocycles. The molecule has 5 nitrogen and oxygen atoms in total. The predicted molar refractivity (Wildman–Crippen MR) is 74.1 cm³/mol. The van der Waals surface area contributed by atoms with E-state index < -0.39 is 0 Å². The average Bonchev–Trinajstić information content (AvgIpc) is 2.86. The Bertz CT molecular complexity index is 698. The van der Waals surface area contributed by atoms with Crippen LogP contribution in [0.4, 0.5) is 0 Å². The fourth-order valence-electron chi connectivity index (χ4n) is 2.35. The Labute approximate surface area is 111 Å². The van der Waals surface area contributed by atoms with Crippen molar-refractivity contribution in [1.82, 2.24) is 20.2 Å². The highest BCUT2D eigenvalue weighted by molar-refractivity contribution is 5.85. The molecule has 0 spiro atoms. The first-order valence-corrected chi connectivity index (χ1v) is 6.07. The Balaban J connectivity index is 2.16. The lowest BCUT2D eigenvalue weighted by molar-refractivity contribution is 0.640. The maximum Gasteiger partial charge on any atom is 0.0746 e. The molecule has 0 radical (unpaired) electrons. The number of hydrogen-bond acceptors (Lipinski definition) is 4. The number of aromatic nitrogens is 3. The molecule has 3 aromatic rings. The quantitative estimate of drug-likeness (QED) is 0.548. The van der Waals surface area contributed by atoms with Crippen LogP contribution in [0, 0.1) is 0 Å². The van der Waals surface area contributed by atoms with Gasteiger partial charge in [-0.1, -0.05) is 18.2 Å². The van der Waals surface area contributed by atoms with E-state index in [0.717, 1.165) is 21.9 Å². The summed E-state index contributed by atoms with van der Waals surface area (Å²) in [6.45, 7) is 0. The van der Waals surface area contributed by atoms with E-state index in [1.807, 2.05) is 43.8 Å². The molecule has 0 amide bonds. The Hall–Kier alpha value is -2.24. The number of rotatable bonds is 3. The molecule has 0 fully saturated rings. The maximum absolute atomic E-state index is 5.73. The van der Waals surface area contributed by atoms with Gasteiger partial charge in [0.15, 0.2) is 0 Å². The molecule has 0 saturated carbocycles. The molecule has 3 rings (SSSR count). The van der Waals surface area contributed by atoms with Crippen molar-refractivity contribution >= 4 is 10.8 Å². The first kappa shape index (κ1) is 11.8. The van der Waals surface area contributed by atoms with Gasteiger partial charge >= 0.3 is 0 Å². The molecule has 19 heavy (non-hydrogen) atoms. The van der Waals surface area contributed by atoms with Crippen molar-refractivity contribution in [2.45, 2.75) is 6.04 Å². The van der Waals surface area contributed by atoms with E-state index in [1.54, 1.807) is 10.9 Å². The van der Waals surface area contributed by atoms with Gasteiger partial charge in [-0.2, -0.15) is 5.10 Å². The zero-order chi connectivity index (χ0) is 13.2. The van der Waals surface area contributed by atoms with Crippen molar-refractivity contribution in [2.75, 3.05) is 0 Å². The van der Waals surface area contributed by atoms with Gasteiger partial charge in [0.05, 0.1) is 12.2 Å². The third kappa shape index (κ3) is 2.09. The number of pyridine rings is 1. The van der Waals surface area contributed by atoms with Gasteiger partial charge in [-0.3, -0.25) is 15.5 Å². The fraction of sp³-hybridized carbons (Fsp3) is 0.143. The zero-order valence-electron chi connectivity index (χ0n) is 10.6. The lowest BCUT2D eigenvalue weighted by atomic mass is 9.97. The molecule has 2 aromatic heterocycles. The van der Waals surface area contributed by atoms with Crippen molar-refractivity contribution < 1.29 is 0 Å². The summed E-state index contributed by atoms with van der Waals surface area (Å²) >= 11 is 0. The number of nitrogens with zero attached hydrogens (tertiary/aromatic N) is 3. The van der Waals surface area contributed by atoms with Gasteiger partial charge < -0.3 is 0 Å². The van der Waals surface area contributed by atoms with E-state index in [-0.39, 0.29) is 6.04 Å². The van der Waals surface area contributed by atoms with Crippen molar-refractivity contribution in [3.05, 3.63) is 60.2 Å². The third-order valence-electron chi connectivity index (χ3n) is 3.25. The molecule has 5 heteroatoms. The predicted octanol–water partition coefficient (Wildman–Crippen LogP) is 1.52. The fourth-order valence-corrected chi connectivity index (χ4v) is 2.35. The van der Waals surface area contributed by atoms with Crippen LogP contribution in [-0.2, 0) is 7.05 Å². The molecule has 0 aliphatic heterocycles. The van der Waals surface area contributed by atoms with Crippen LogP contribution in [0.15, 0.2) is 49.1 Å². The summed E-state index contributed by atoms with van der Waals surface area (Å²) in [5.41, 5.74) is 5.02. The Morgan fingerprint density at radius 1 is 1.26 bits per heavy atom. The second-order valence-corrected chi connectivity index (χ2v) is 4.49. The van der Waals surface area contributed by atoms with E-state index in [0.29, 0.717) is 0 Å². The van der Waals surface area contributed by atoms with E-state index >= 15 is 0 Å². The van der Waals surface area contributed by atoms with Crippen molar-refractivity contribution in [1.29, 1.82) is 0 Å². The van der Waals surface area contributed by atoms with Crippen LogP contribution >= 0.6 is 0 Å². The summed E-state index contributed by atoms with van der Waals surface area (Å²) in [6, 6.07) is 8.05. The Kier molecular flexibility index (Phi) is 2.98. The highest BCUT2D eigenvalue weighted by Gasteiger charge is 2.16. The summed E-state index contributed by atoms with van der Waals surface area (Å²) in [5.74, 6) is 5.73. The molecule has 1 atom stereocenters. The van der Waals surface area contributed by atoms with Crippen LogP contribution in [-0.4, -0.2) is 14.8 Å². The lowest BCUT2D eigenvalue weighted by Gasteiger charge is -2.16. The molecule has 2 heterocycles. The smallest absolute Gasteiger partial charge is 0.0746 e. The molecule has 0 bridgehead atoms. The van der Waals surface area contributed by atoms with Gasteiger partial charge in [0.2, 0.25) is 0 Å². The van der Waals surface area contributed by atoms with Gasteiger partial charge in [0.25, 0.3) is 0 Å². The summed E-state index contributed by atoms with van der Waals surface area (Å²) < 4.78 is 1.77. The van der Waals surface area contributed by atoms with Crippen molar-refractivity contribution in [2.24, 2.45) is 12.9 Å². The molecular weight excluding hydrogens is 238 g/mol. The van der Waals surface area contributed by atoms with Crippen LogP contribution in [0.3, 0.4) is 0 Å². The zero-order valence-corrected chi connectivity index (χ0v) is 10.6. The Morgan fingerprint density at radius 3 is 2.89 bits per heavy atom. The summed E-state index contributed by atoms with van der Waals surface area (Å²) in [7, 11) is 1.89. The molecule has 0 saturated heterocycles. The van der Waals surface area contributed by atoms with Crippen LogP contribution in [0.25, 0.3) is 10.8 Å². The minimum Gasteiger partial charge on any atom is -0.275 e. The standard InChI is InChI=1S/C14H15N5/c1-19-9-11(8-17-19)14(18-15)13-4-2-3-10-7-16-6-5-12(10)13/h2-9,14,18H,15H2,1H3. The number of fused-ring (bicyclic) bond motifs is 1. The van der Waals surface area contributed by atoms with Gasteiger partial charge in [-0.25, -0.2) is 5.43 Å². The average molecular weight is 253 g/mol. The van der Waals surface area contributed by atoms with Crippen molar-refractivity contribution in [3.8, 4) is 0 Å². The van der Waals surface area contributed by atoms with Gasteiger partial charge in [0, 0.05) is 36.6 Å². The molecule has 1 aromatic carbocycles. The number of aryl methyl sites for hydroxylation is 1. The number of hydrogen-bond donors (Lipinski definition) is 2. The van der Waals surface area contributed by atoms with Gasteiger partial charge in [-0.05, 0) is 17.0 Å². The van der Waals surface area contributed by atoms with Crippen molar-refractivity contribution in [3.63, 3.8) is 0 Å². The summed E-state index contributed by atoms with van der Waals surface area (Å²) in [4.78, 5) is 4.15. The van der Waals surface area contributed by atoms with Crippen LogP contribution in [0.5, 0.6) is 0 Å². The number of benzene rings is 1. The second-order valence-electron chi connectivity index (χ2n) is 4.49. The highest BCUT2D eigenvalue weighted by atomic mass is 15.3. The number of nitrogens with one attached hydrogen (secondary N) is 1. The molecule has 96 valence electrons. The minimum absolute atomic E-state index is 0.0835. The second kappa shape index (κ2) is 4.79. The van der Waals surface area contributed by atoms with Gasteiger partial charge in [0.1, 0.15) is 0 Å². The summed E-state index contributed by atoms with van der Waals surface area (Å²) in [5, 5.41) is 6.44. The van der Waals surface area contributed by atoms with E-state index in [1.165, 1.54) is 0 Å². The van der Waals surface area contributed by atoms with Crippen LogP contribution < -0.4 is 11.3 Å². The van der Waals surface area contributed by atoms with Gasteiger partial charge in [-0.15, -0.1) is 0 Å². The third-order valence-corrected chi connectivity index (χ3v) is 3.25. The largest absolute Gasteiger partial charge is 0.275 e. The van der Waals surface area contributed by atoms with Crippen LogP contribution in [0.2, 0.25) is 0 Å². The topological polar surface area (TPSA) is 68.8 Å². The SMILES string of the molecule is Cn1cc(C(NN)c2cccc3cnccc23)cn1. The number of hydrazine groups is 1. The minimum atomic E-state index is -0.0835. The first-order chi connectivity index (χ1) is 9.29. The normalized spacial score (nSPS) is 12.7. The highest BCUT2D eigenvalue weighted by Crippen LogP contribution is 2.27. The molecule has 1 unspecified atom stereocenters. The molecule has 3 N–H and O–H groups in total. The molecule has 0 aliphatic rings. The summed E-state index contributed by atoms with van der Waals surface area (Å²) in [6.07, 6.45) is 7.44. The van der Waals surface area contributed by atoms with E-state index in [4.69, 9.17) is 5.84 Å². The monoisotopic (exact) mass is 253 g/mol. The van der Waals surface area contributed by atoms with E-state index in [9.17, 15) is 0 Å².